The number of hydrogen-bond acceptors (Lipinski definition) is 4. The summed E-state index contributed by atoms with van der Waals surface area (Å²) in [6.07, 6.45) is 2.97. The second-order valence-electron chi connectivity index (χ2n) is 4.45. The van der Waals surface area contributed by atoms with E-state index >= 15 is 0 Å². The first kappa shape index (κ1) is 13.3. The fourth-order valence-corrected chi connectivity index (χ4v) is 2.40. The third-order valence-electron chi connectivity index (χ3n) is 3.17. The summed E-state index contributed by atoms with van der Waals surface area (Å²) in [4.78, 5) is 22.5. The number of nitrogens with two attached hydrogens (primary N) is 1. The molecule has 3 rings (SSSR count). The van der Waals surface area contributed by atoms with E-state index in [-0.39, 0.29) is 12.0 Å². The largest absolute Gasteiger partial charge is 0.366 e. The molecular weight excluding hydrogens is 292 g/mol. The Morgan fingerprint density at radius 1 is 1.43 bits per heavy atom. The molecule has 8 heteroatoms. The quantitative estimate of drug-likeness (QED) is 0.671. The van der Waals surface area contributed by atoms with Crippen molar-refractivity contribution in [2.45, 2.75) is 6.54 Å². The van der Waals surface area contributed by atoms with Crippen LogP contribution >= 0.6 is 11.6 Å². The van der Waals surface area contributed by atoms with Gasteiger partial charge in [-0.2, -0.15) is 0 Å². The molecule has 21 heavy (non-hydrogen) atoms. The van der Waals surface area contributed by atoms with E-state index < -0.39 is 5.91 Å². The van der Waals surface area contributed by atoms with E-state index in [0.29, 0.717) is 27.3 Å². The van der Waals surface area contributed by atoms with Gasteiger partial charge in [0.2, 0.25) is 5.91 Å². The Bertz CT molecular complexity index is 897. The van der Waals surface area contributed by atoms with Gasteiger partial charge < -0.3 is 15.3 Å². The SMILES string of the molecule is N=c1ncn(Cc2c(Cl)cccc2C(N)=O)c2nc[nH]c12. The Hall–Kier alpha value is -2.67. The molecule has 0 spiro atoms. The second-order valence-corrected chi connectivity index (χ2v) is 4.86. The highest BCUT2D eigenvalue weighted by Gasteiger charge is 2.13. The number of primary amides is 1. The van der Waals surface area contributed by atoms with Crippen molar-refractivity contribution in [2.24, 2.45) is 5.73 Å². The monoisotopic (exact) mass is 302 g/mol. The molecule has 0 saturated carbocycles. The minimum absolute atomic E-state index is 0.105. The lowest BCUT2D eigenvalue weighted by Gasteiger charge is -2.11. The molecule has 1 aromatic carbocycles. The molecule has 0 unspecified atom stereocenters. The summed E-state index contributed by atoms with van der Waals surface area (Å²) in [5, 5.41) is 8.16. The van der Waals surface area contributed by atoms with Gasteiger partial charge in [-0.15, -0.1) is 0 Å². The van der Waals surface area contributed by atoms with Crippen molar-refractivity contribution >= 4 is 28.7 Å². The average molecular weight is 303 g/mol. The first-order valence-electron chi connectivity index (χ1n) is 6.08. The molecule has 2 aromatic heterocycles. The van der Waals surface area contributed by atoms with Gasteiger partial charge in [0.25, 0.3) is 0 Å². The number of rotatable bonds is 3. The van der Waals surface area contributed by atoms with Crippen LogP contribution in [0.25, 0.3) is 11.2 Å². The number of carbonyl (C=O) groups is 1. The molecule has 0 radical (unpaired) electrons. The summed E-state index contributed by atoms with van der Waals surface area (Å²) in [5.41, 5.74) is 7.52. The van der Waals surface area contributed by atoms with Crippen molar-refractivity contribution in [2.75, 3.05) is 0 Å². The number of nitrogens with one attached hydrogen (secondary N) is 2. The van der Waals surface area contributed by atoms with Crippen LogP contribution in [0.4, 0.5) is 0 Å². The third-order valence-corrected chi connectivity index (χ3v) is 3.52. The van der Waals surface area contributed by atoms with E-state index in [0.717, 1.165) is 0 Å². The van der Waals surface area contributed by atoms with Gasteiger partial charge >= 0.3 is 0 Å². The van der Waals surface area contributed by atoms with Gasteiger partial charge in [-0.3, -0.25) is 10.2 Å². The molecule has 0 saturated heterocycles. The van der Waals surface area contributed by atoms with Gasteiger partial charge in [-0.25, -0.2) is 9.97 Å². The highest BCUT2D eigenvalue weighted by atomic mass is 35.5. The summed E-state index contributed by atoms with van der Waals surface area (Å²) in [7, 11) is 0. The number of fused-ring (bicyclic) bond motifs is 1. The van der Waals surface area contributed by atoms with Crippen LogP contribution in [-0.2, 0) is 6.54 Å². The van der Waals surface area contributed by atoms with Crippen molar-refractivity contribution in [1.29, 1.82) is 5.41 Å². The molecule has 2 heterocycles. The highest BCUT2D eigenvalue weighted by molar-refractivity contribution is 6.31. The number of nitrogens with zero attached hydrogens (tertiary/aromatic N) is 3. The van der Waals surface area contributed by atoms with Crippen LogP contribution in [0.3, 0.4) is 0 Å². The molecule has 4 N–H and O–H groups in total. The topological polar surface area (TPSA) is 113 Å². The first-order valence-corrected chi connectivity index (χ1v) is 6.46. The zero-order chi connectivity index (χ0) is 15.0. The molecule has 106 valence electrons. The van der Waals surface area contributed by atoms with Crippen molar-refractivity contribution < 1.29 is 4.79 Å². The lowest BCUT2D eigenvalue weighted by molar-refractivity contribution is 0.0999. The Morgan fingerprint density at radius 2 is 2.24 bits per heavy atom. The van der Waals surface area contributed by atoms with Crippen molar-refractivity contribution in [3.8, 4) is 0 Å². The molecule has 0 fully saturated rings. The number of H-pyrrole nitrogens is 1. The Labute approximate surface area is 123 Å². The summed E-state index contributed by atoms with van der Waals surface area (Å²) in [5.74, 6) is -0.545. The van der Waals surface area contributed by atoms with Crippen LogP contribution in [0.5, 0.6) is 0 Å². The fraction of sp³-hybridized carbons (Fsp3) is 0.0769. The molecule has 0 aliphatic heterocycles. The van der Waals surface area contributed by atoms with Gasteiger partial charge in [0.1, 0.15) is 5.52 Å². The Balaban J connectivity index is 2.16. The number of aromatic nitrogens is 4. The highest BCUT2D eigenvalue weighted by Crippen LogP contribution is 2.21. The van der Waals surface area contributed by atoms with Crippen LogP contribution in [0.2, 0.25) is 5.02 Å². The summed E-state index contributed by atoms with van der Waals surface area (Å²) in [6.45, 7) is 0.284. The second kappa shape index (κ2) is 5.02. The normalized spacial score (nSPS) is 10.9. The van der Waals surface area contributed by atoms with Gasteiger partial charge in [0.05, 0.1) is 19.2 Å². The number of carbonyl (C=O) groups excluding carboxylic acids is 1. The molecule has 1 amide bonds. The van der Waals surface area contributed by atoms with E-state index in [2.05, 4.69) is 15.0 Å². The molecular formula is C13H11ClN6O. The number of aromatic amines is 1. The van der Waals surface area contributed by atoms with Crippen molar-refractivity contribution in [3.63, 3.8) is 0 Å². The summed E-state index contributed by atoms with van der Waals surface area (Å²) >= 11 is 6.17. The predicted molar refractivity (Wildman–Crippen MR) is 76.8 cm³/mol. The number of halogens is 1. The zero-order valence-electron chi connectivity index (χ0n) is 10.8. The van der Waals surface area contributed by atoms with Crippen molar-refractivity contribution in [3.05, 3.63) is 52.5 Å². The maximum atomic E-state index is 11.5. The molecule has 0 aliphatic carbocycles. The van der Waals surface area contributed by atoms with Gasteiger partial charge in [-0.05, 0) is 12.1 Å². The summed E-state index contributed by atoms with van der Waals surface area (Å²) in [6, 6.07) is 4.99. The molecule has 7 nitrogen and oxygen atoms in total. The number of amides is 1. The van der Waals surface area contributed by atoms with Crippen LogP contribution in [0.1, 0.15) is 15.9 Å². The minimum atomic E-state index is -0.545. The maximum Gasteiger partial charge on any atom is 0.249 e. The Morgan fingerprint density at radius 3 is 3.00 bits per heavy atom. The summed E-state index contributed by atoms with van der Waals surface area (Å²) < 4.78 is 1.71. The minimum Gasteiger partial charge on any atom is -0.366 e. The third kappa shape index (κ3) is 2.27. The van der Waals surface area contributed by atoms with E-state index in [1.54, 1.807) is 22.8 Å². The lowest BCUT2D eigenvalue weighted by atomic mass is 10.1. The number of imidazole rings is 1. The maximum absolute atomic E-state index is 11.5. The Kier molecular flexibility index (Phi) is 3.19. The van der Waals surface area contributed by atoms with Crippen molar-refractivity contribution in [1.82, 2.24) is 19.5 Å². The predicted octanol–water partition coefficient (Wildman–Crippen LogP) is 1.04. The average Bonchev–Trinajstić information content (AvgIpc) is 2.94. The fourth-order valence-electron chi connectivity index (χ4n) is 2.16. The van der Waals surface area contributed by atoms with Crippen LogP contribution in [0, 0.1) is 5.41 Å². The van der Waals surface area contributed by atoms with E-state index in [9.17, 15) is 4.79 Å². The number of benzene rings is 1. The molecule has 0 bridgehead atoms. The van der Waals surface area contributed by atoms with Crippen LogP contribution < -0.4 is 11.2 Å². The van der Waals surface area contributed by atoms with Gasteiger partial charge in [0, 0.05) is 16.1 Å². The van der Waals surface area contributed by atoms with Gasteiger partial charge in [0.15, 0.2) is 11.1 Å². The lowest BCUT2D eigenvalue weighted by Crippen LogP contribution is -2.18. The van der Waals surface area contributed by atoms with E-state index in [4.69, 9.17) is 22.7 Å². The zero-order valence-corrected chi connectivity index (χ0v) is 11.6. The van der Waals surface area contributed by atoms with Crippen LogP contribution in [-0.4, -0.2) is 25.4 Å². The molecule has 0 aliphatic rings. The van der Waals surface area contributed by atoms with E-state index in [1.807, 2.05) is 0 Å². The standard InChI is InChI=1S/C13H11ClN6O/c14-9-3-1-2-7(12(16)21)8(9)4-20-6-19-11(15)10-13(20)18-5-17-10/h1-3,5-6,15H,4H2,(H2,16,21)(H,17,18). The molecule has 3 aromatic rings. The number of hydrogen-bond donors (Lipinski definition) is 3. The van der Waals surface area contributed by atoms with Gasteiger partial charge in [-0.1, -0.05) is 17.7 Å². The first-order chi connectivity index (χ1) is 10.1. The van der Waals surface area contributed by atoms with Crippen LogP contribution in [0.15, 0.2) is 30.9 Å². The molecule has 0 atom stereocenters. The smallest absolute Gasteiger partial charge is 0.249 e. The van der Waals surface area contributed by atoms with E-state index in [1.165, 1.54) is 12.7 Å².